The van der Waals surface area contributed by atoms with Crippen LogP contribution in [0.4, 0.5) is 11.8 Å². The van der Waals surface area contributed by atoms with E-state index in [0.29, 0.717) is 18.3 Å². The molecule has 132 valence electrons. The molecule has 0 spiro atoms. The largest absolute Gasteiger partial charge is 0.456 e. The zero-order valence-corrected chi connectivity index (χ0v) is 14.0. The highest BCUT2D eigenvalue weighted by atomic mass is 16.5. The molecule has 8 heteroatoms. The number of hydrogen-bond donors (Lipinski definition) is 2. The van der Waals surface area contributed by atoms with E-state index in [1.807, 2.05) is 13.0 Å². The fraction of sp³-hybridized carbons (Fsp3) is 0.625. The number of nitrogens with two attached hydrogens (primary N) is 2. The molecular formula is C16H25N5O3. The second-order valence-corrected chi connectivity index (χ2v) is 6.18. The van der Waals surface area contributed by atoms with E-state index < -0.39 is 5.91 Å². The van der Waals surface area contributed by atoms with Crippen molar-refractivity contribution in [2.75, 3.05) is 30.3 Å². The summed E-state index contributed by atoms with van der Waals surface area (Å²) >= 11 is 0. The van der Waals surface area contributed by atoms with Crippen LogP contribution in [0.5, 0.6) is 0 Å². The number of aromatic nitrogens is 2. The molecule has 1 fully saturated rings. The number of nitrogen functional groups attached to an aromatic ring is 1. The summed E-state index contributed by atoms with van der Waals surface area (Å²) in [5.74, 6) is 0.787. The lowest BCUT2D eigenvalue weighted by molar-refractivity contribution is -0.147. The Hall–Kier alpha value is -2.38. The lowest BCUT2D eigenvalue weighted by Gasteiger charge is -2.33. The molecule has 0 bridgehead atoms. The SMILES string of the molecule is Cc1cc(N2CCC(CCCC(=O)OCC(N)=O)CC2)nc(N)n1. The summed E-state index contributed by atoms with van der Waals surface area (Å²) < 4.78 is 4.74. The first-order chi connectivity index (χ1) is 11.4. The molecule has 2 rings (SSSR count). The van der Waals surface area contributed by atoms with Crippen molar-refractivity contribution in [3.8, 4) is 0 Å². The first-order valence-corrected chi connectivity index (χ1v) is 8.24. The minimum absolute atomic E-state index is 0.307. The Labute approximate surface area is 141 Å². The third-order valence-electron chi connectivity index (χ3n) is 4.17. The number of hydrogen-bond acceptors (Lipinski definition) is 7. The topological polar surface area (TPSA) is 124 Å². The maximum Gasteiger partial charge on any atom is 0.306 e. The van der Waals surface area contributed by atoms with E-state index in [1.54, 1.807) is 0 Å². The molecule has 24 heavy (non-hydrogen) atoms. The van der Waals surface area contributed by atoms with Gasteiger partial charge in [-0.15, -0.1) is 0 Å². The molecule has 2 heterocycles. The molecule has 0 radical (unpaired) electrons. The lowest BCUT2D eigenvalue weighted by atomic mass is 9.91. The van der Waals surface area contributed by atoms with Gasteiger partial charge in [0.2, 0.25) is 5.95 Å². The summed E-state index contributed by atoms with van der Waals surface area (Å²) in [7, 11) is 0. The summed E-state index contributed by atoms with van der Waals surface area (Å²) in [5, 5.41) is 0. The average molecular weight is 335 g/mol. The van der Waals surface area contributed by atoms with Crippen molar-refractivity contribution in [3.05, 3.63) is 11.8 Å². The van der Waals surface area contributed by atoms with Crippen molar-refractivity contribution in [3.63, 3.8) is 0 Å². The smallest absolute Gasteiger partial charge is 0.306 e. The van der Waals surface area contributed by atoms with E-state index in [2.05, 4.69) is 14.9 Å². The van der Waals surface area contributed by atoms with Gasteiger partial charge < -0.3 is 21.1 Å². The molecule has 1 aromatic heterocycles. The quantitative estimate of drug-likeness (QED) is 0.705. The van der Waals surface area contributed by atoms with Gasteiger partial charge in [0.05, 0.1) is 0 Å². The van der Waals surface area contributed by atoms with Crippen LogP contribution in [0.2, 0.25) is 0 Å². The van der Waals surface area contributed by atoms with Crippen molar-refractivity contribution < 1.29 is 14.3 Å². The second kappa shape index (κ2) is 8.47. The molecule has 0 unspecified atom stereocenters. The van der Waals surface area contributed by atoms with Gasteiger partial charge in [0, 0.05) is 31.3 Å². The third kappa shape index (κ3) is 5.68. The number of nitrogens with zero attached hydrogens (tertiary/aromatic N) is 3. The summed E-state index contributed by atoms with van der Waals surface area (Å²) in [6.45, 7) is 3.42. The summed E-state index contributed by atoms with van der Waals surface area (Å²) in [4.78, 5) is 32.6. The van der Waals surface area contributed by atoms with Crippen LogP contribution in [0.3, 0.4) is 0 Å². The molecular weight excluding hydrogens is 310 g/mol. The molecule has 0 aromatic carbocycles. The fourth-order valence-corrected chi connectivity index (χ4v) is 2.95. The van der Waals surface area contributed by atoms with Gasteiger partial charge in [0.25, 0.3) is 5.91 Å². The number of carbonyl (C=O) groups is 2. The zero-order chi connectivity index (χ0) is 17.5. The van der Waals surface area contributed by atoms with E-state index in [9.17, 15) is 9.59 Å². The predicted molar refractivity (Wildman–Crippen MR) is 90.1 cm³/mol. The maximum atomic E-state index is 11.4. The van der Waals surface area contributed by atoms with Crippen molar-refractivity contribution in [1.29, 1.82) is 0 Å². The monoisotopic (exact) mass is 335 g/mol. The van der Waals surface area contributed by atoms with Crippen LogP contribution in [0.1, 0.15) is 37.8 Å². The molecule has 1 aliphatic heterocycles. The second-order valence-electron chi connectivity index (χ2n) is 6.18. The number of rotatable bonds is 7. The molecule has 1 amide bonds. The van der Waals surface area contributed by atoms with Gasteiger partial charge in [0.15, 0.2) is 6.61 Å². The first-order valence-electron chi connectivity index (χ1n) is 8.24. The number of primary amides is 1. The first kappa shape index (κ1) is 18.0. The number of piperidine rings is 1. The van der Waals surface area contributed by atoms with Gasteiger partial charge in [-0.05, 0) is 38.5 Å². The maximum absolute atomic E-state index is 11.4. The van der Waals surface area contributed by atoms with Crippen LogP contribution in [-0.4, -0.2) is 41.5 Å². The minimum atomic E-state index is -0.628. The molecule has 1 aliphatic rings. The molecule has 1 saturated heterocycles. The Morgan fingerprint density at radius 3 is 2.67 bits per heavy atom. The standard InChI is InChI=1S/C16H25N5O3/c1-11-9-14(20-16(18)19-11)21-7-5-12(6-8-21)3-2-4-15(23)24-10-13(17)22/h9,12H,2-8,10H2,1H3,(H2,17,22)(H2,18,19,20). The Kier molecular flexibility index (Phi) is 6.34. The lowest BCUT2D eigenvalue weighted by Crippen LogP contribution is -2.34. The molecule has 8 nitrogen and oxygen atoms in total. The summed E-state index contributed by atoms with van der Waals surface area (Å²) in [6, 6.07) is 1.95. The summed E-state index contributed by atoms with van der Waals surface area (Å²) in [5.41, 5.74) is 11.5. The van der Waals surface area contributed by atoms with E-state index in [0.717, 1.165) is 50.3 Å². The van der Waals surface area contributed by atoms with Crippen molar-refractivity contribution >= 4 is 23.6 Å². The predicted octanol–water partition coefficient (Wildman–Crippen LogP) is 0.782. The Morgan fingerprint density at radius 2 is 2.04 bits per heavy atom. The molecule has 0 aliphatic carbocycles. The Bertz CT molecular complexity index is 565. The Morgan fingerprint density at radius 1 is 1.33 bits per heavy atom. The summed E-state index contributed by atoms with van der Waals surface area (Å²) in [6.07, 6.45) is 4.18. The van der Waals surface area contributed by atoms with Crippen LogP contribution in [-0.2, 0) is 14.3 Å². The van der Waals surface area contributed by atoms with Crippen molar-refractivity contribution in [1.82, 2.24) is 9.97 Å². The van der Waals surface area contributed by atoms with Gasteiger partial charge in [0.1, 0.15) is 5.82 Å². The molecule has 0 saturated carbocycles. The molecule has 4 N–H and O–H groups in total. The normalized spacial score (nSPS) is 15.3. The zero-order valence-electron chi connectivity index (χ0n) is 14.0. The van der Waals surface area contributed by atoms with Crippen molar-refractivity contribution in [2.45, 2.75) is 39.0 Å². The number of aryl methyl sites for hydroxylation is 1. The van der Waals surface area contributed by atoms with Crippen LogP contribution in [0, 0.1) is 12.8 Å². The van der Waals surface area contributed by atoms with E-state index in [1.165, 1.54) is 0 Å². The van der Waals surface area contributed by atoms with E-state index >= 15 is 0 Å². The van der Waals surface area contributed by atoms with Gasteiger partial charge in [-0.2, -0.15) is 4.98 Å². The number of esters is 1. The highest BCUT2D eigenvalue weighted by Crippen LogP contribution is 2.26. The average Bonchev–Trinajstić information content (AvgIpc) is 2.52. The fourth-order valence-electron chi connectivity index (χ4n) is 2.95. The van der Waals surface area contributed by atoms with Gasteiger partial charge >= 0.3 is 5.97 Å². The third-order valence-corrected chi connectivity index (χ3v) is 4.17. The molecule has 1 aromatic rings. The number of ether oxygens (including phenoxy) is 1. The van der Waals surface area contributed by atoms with Crippen LogP contribution >= 0.6 is 0 Å². The number of carbonyl (C=O) groups excluding carboxylic acids is 2. The number of anilines is 2. The number of amides is 1. The van der Waals surface area contributed by atoms with E-state index in [4.69, 9.17) is 16.2 Å². The highest BCUT2D eigenvalue weighted by molar-refractivity contribution is 5.78. The molecule has 0 atom stereocenters. The van der Waals surface area contributed by atoms with Crippen LogP contribution < -0.4 is 16.4 Å². The van der Waals surface area contributed by atoms with Gasteiger partial charge in [-0.25, -0.2) is 4.98 Å². The van der Waals surface area contributed by atoms with Crippen LogP contribution in [0.25, 0.3) is 0 Å². The highest BCUT2D eigenvalue weighted by Gasteiger charge is 2.21. The Balaban J connectivity index is 1.69. The van der Waals surface area contributed by atoms with E-state index in [-0.39, 0.29) is 12.6 Å². The van der Waals surface area contributed by atoms with Gasteiger partial charge in [-0.1, -0.05) is 0 Å². The van der Waals surface area contributed by atoms with Crippen molar-refractivity contribution in [2.24, 2.45) is 11.7 Å². The van der Waals surface area contributed by atoms with Crippen LogP contribution in [0.15, 0.2) is 6.07 Å². The minimum Gasteiger partial charge on any atom is -0.456 e. The van der Waals surface area contributed by atoms with Gasteiger partial charge in [-0.3, -0.25) is 9.59 Å².